The summed E-state index contributed by atoms with van der Waals surface area (Å²) in [6, 6.07) is 9.93. The summed E-state index contributed by atoms with van der Waals surface area (Å²) in [6.45, 7) is 7.50. The number of benzene rings is 1. The molecular formula is C12H15Cl. The Kier molecular flexibility index (Phi) is 7.04. The zero-order chi connectivity index (χ0) is 10.1. The Morgan fingerprint density at radius 3 is 2.08 bits per heavy atom. The van der Waals surface area contributed by atoms with Gasteiger partial charge >= 0.3 is 0 Å². The highest BCUT2D eigenvalue weighted by Gasteiger charge is 1.78. The Hall–Kier alpha value is -1.01. The van der Waals surface area contributed by atoms with E-state index in [0.29, 0.717) is 0 Å². The van der Waals surface area contributed by atoms with Crippen LogP contribution in [0.1, 0.15) is 19.4 Å². The van der Waals surface area contributed by atoms with Gasteiger partial charge in [-0.2, -0.15) is 0 Å². The van der Waals surface area contributed by atoms with Gasteiger partial charge in [0.25, 0.3) is 0 Å². The van der Waals surface area contributed by atoms with Crippen LogP contribution in [0, 0.1) is 0 Å². The lowest BCUT2D eigenvalue weighted by molar-refractivity contribution is 1.42. The molecular weight excluding hydrogens is 180 g/mol. The van der Waals surface area contributed by atoms with Gasteiger partial charge in [-0.25, -0.2) is 0 Å². The van der Waals surface area contributed by atoms with E-state index in [1.807, 2.05) is 50.3 Å². The van der Waals surface area contributed by atoms with Crippen LogP contribution in [0.3, 0.4) is 0 Å². The van der Waals surface area contributed by atoms with E-state index in [9.17, 15) is 0 Å². The Morgan fingerprint density at radius 1 is 1.23 bits per heavy atom. The molecule has 0 aromatic heterocycles. The number of allylic oxidation sites excluding steroid dienone is 1. The summed E-state index contributed by atoms with van der Waals surface area (Å²) in [6.07, 6.45) is 1.85. The van der Waals surface area contributed by atoms with E-state index in [1.54, 1.807) is 0 Å². The van der Waals surface area contributed by atoms with Crippen LogP contribution in [0.25, 0.3) is 6.08 Å². The molecule has 0 aliphatic carbocycles. The van der Waals surface area contributed by atoms with E-state index in [-0.39, 0.29) is 0 Å². The monoisotopic (exact) mass is 194 g/mol. The molecule has 0 nitrogen and oxygen atoms in total. The van der Waals surface area contributed by atoms with Crippen molar-refractivity contribution in [3.8, 4) is 0 Å². The van der Waals surface area contributed by atoms with E-state index < -0.39 is 0 Å². The van der Waals surface area contributed by atoms with E-state index in [2.05, 4.69) is 6.58 Å². The molecule has 0 saturated heterocycles. The van der Waals surface area contributed by atoms with Crippen molar-refractivity contribution in [1.29, 1.82) is 0 Å². The minimum absolute atomic E-state index is 1.13. The van der Waals surface area contributed by atoms with Gasteiger partial charge in [-0.1, -0.05) is 47.5 Å². The Bertz CT molecular complexity index is 256. The van der Waals surface area contributed by atoms with E-state index in [4.69, 9.17) is 11.6 Å². The third kappa shape index (κ3) is 8.90. The maximum atomic E-state index is 5.36. The molecule has 0 aliphatic rings. The molecule has 0 bridgehead atoms. The Balaban J connectivity index is 0.000000310. The molecule has 1 rings (SSSR count). The van der Waals surface area contributed by atoms with Gasteiger partial charge in [0, 0.05) is 5.54 Å². The molecule has 0 unspecified atom stereocenters. The number of hydrogen-bond acceptors (Lipinski definition) is 0. The molecule has 0 fully saturated rings. The maximum absolute atomic E-state index is 5.36. The fraction of sp³-hybridized carbons (Fsp3) is 0.167. The van der Waals surface area contributed by atoms with Gasteiger partial charge in [0.2, 0.25) is 0 Å². The molecule has 70 valence electrons. The lowest BCUT2D eigenvalue weighted by Gasteiger charge is -1.86. The third-order valence-corrected chi connectivity index (χ3v) is 1.18. The van der Waals surface area contributed by atoms with Crippen molar-refractivity contribution in [3.63, 3.8) is 0 Å². The summed E-state index contributed by atoms with van der Waals surface area (Å²) in [5.41, 5.74) is 3.81. The highest BCUT2D eigenvalue weighted by atomic mass is 35.5. The Labute approximate surface area is 85.6 Å². The lowest BCUT2D eigenvalue weighted by Crippen LogP contribution is -1.64. The van der Waals surface area contributed by atoms with Crippen LogP contribution >= 0.6 is 11.6 Å². The molecule has 0 atom stereocenters. The standard InChI is InChI=1S/C8H7Cl.C4H8/c9-7-6-8-4-2-1-3-5-8;1-4(2)3/h1-7H;1H2,2-3H3. The smallest absolute Gasteiger partial charge is 0.00484 e. The van der Waals surface area contributed by atoms with Crippen molar-refractivity contribution in [2.24, 2.45) is 0 Å². The molecule has 0 heterocycles. The van der Waals surface area contributed by atoms with Gasteiger partial charge in [0.1, 0.15) is 0 Å². The average Bonchev–Trinajstić information content (AvgIpc) is 2.06. The number of rotatable bonds is 1. The van der Waals surface area contributed by atoms with Crippen LogP contribution in [0.2, 0.25) is 0 Å². The van der Waals surface area contributed by atoms with E-state index in [0.717, 1.165) is 5.56 Å². The second kappa shape index (κ2) is 7.63. The summed E-state index contributed by atoms with van der Waals surface area (Å²) in [5, 5.41) is 0. The lowest BCUT2D eigenvalue weighted by atomic mass is 10.2. The number of halogens is 1. The number of hydrogen-bond donors (Lipinski definition) is 0. The second-order valence-corrected chi connectivity index (χ2v) is 3.16. The molecule has 0 N–H and O–H groups in total. The van der Waals surface area contributed by atoms with Crippen molar-refractivity contribution in [3.05, 3.63) is 53.6 Å². The fourth-order valence-corrected chi connectivity index (χ4v) is 0.782. The molecule has 1 heteroatoms. The zero-order valence-electron chi connectivity index (χ0n) is 8.13. The predicted octanol–water partition coefficient (Wildman–Crippen LogP) is 4.48. The van der Waals surface area contributed by atoms with Gasteiger partial charge in [0.05, 0.1) is 0 Å². The molecule has 1 aromatic carbocycles. The molecule has 0 spiro atoms. The minimum atomic E-state index is 1.13. The van der Waals surface area contributed by atoms with Crippen LogP contribution in [0.15, 0.2) is 48.0 Å². The summed E-state index contributed by atoms with van der Waals surface area (Å²) >= 11 is 5.36. The van der Waals surface area contributed by atoms with Crippen LogP contribution < -0.4 is 0 Å². The SMILES string of the molecule is C=C(C)C.ClC=Cc1ccccc1. The largest absolute Gasteiger partial charge is 0.100 e. The highest BCUT2D eigenvalue weighted by Crippen LogP contribution is 2.00. The van der Waals surface area contributed by atoms with Crippen molar-refractivity contribution >= 4 is 17.7 Å². The summed E-state index contributed by atoms with van der Waals surface area (Å²) in [4.78, 5) is 0. The fourth-order valence-electron chi connectivity index (χ4n) is 0.637. The topological polar surface area (TPSA) is 0 Å². The summed E-state index contributed by atoms with van der Waals surface area (Å²) in [5.74, 6) is 0. The van der Waals surface area contributed by atoms with Crippen molar-refractivity contribution in [2.75, 3.05) is 0 Å². The minimum Gasteiger partial charge on any atom is -0.100 e. The van der Waals surface area contributed by atoms with Gasteiger partial charge in [0.15, 0.2) is 0 Å². The molecule has 0 saturated carbocycles. The van der Waals surface area contributed by atoms with Crippen molar-refractivity contribution in [1.82, 2.24) is 0 Å². The van der Waals surface area contributed by atoms with Gasteiger partial charge in [-0.15, -0.1) is 6.58 Å². The van der Waals surface area contributed by atoms with Crippen LogP contribution in [-0.4, -0.2) is 0 Å². The van der Waals surface area contributed by atoms with Crippen LogP contribution in [-0.2, 0) is 0 Å². The average molecular weight is 195 g/mol. The van der Waals surface area contributed by atoms with Crippen molar-refractivity contribution < 1.29 is 0 Å². The first kappa shape index (κ1) is 12.0. The Morgan fingerprint density at radius 2 is 1.69 bits per heavy atom. The third-order valence-electron chi connectivity index (χ3n) is 1.06. The van der Waals surface area contributed by atoms with Crippen LogP contribution in [0.4, 0.5) is 0 Å². The van der Waals surface area contributed by atoms with E-state index in [1.165, 1.54) is 11.1 Å². The predicted molar refractivity (Wildman–Crippen MR) is 61.8 cm³/mol. The van der Waals surface area contributed by atoms with Gasteiger partial charge in [-0.3, -0.25) is 0 Å². The van der Waals surface area contributed by atoms with Gasteiger partial charge < -0.3 is 0 Å². The molecule has 13 heavy (non-hydrogen) atoms. The normalized spacial score (nSPS) is 9.15. The first-order valence-corrected chi connectivity index (χ1v) is 4.54. The summed E-state index contributed by atoms with van der Waals surface area (Å²) in [7, 11) is 0. The molecule has 0 radical (unpaired) electrons. The van der Waals surface area contributed by atoms with Crippen LogP contribution in [0.5, 0.6) is 0 Å². The molecule has 0 aliphatic heterocycles. The maximum Gasteiger partial charge on any atom is 0.00484 e. The molecule has 0 amide bonds. The summed E-state index contributed by atoms with van der Waals surface area (Å²) < 4.78 is 0. The molecule has 1 aromatic rings. The first-order valence-electron chi connectivity index (χ1n) is 4.10. The first-order chi connectivity index (χ1) is 6.16. The quantitative estimate of drug-likeness (QED) is 0.579. The van der Waals surface area contributed by atoms with E-state index >= 15 is 0 Å². The zero-order valence-corrected chi connectivity index (χ0v) is 8.88. The van der Waals surface area contributed by atoms with Gasteiger partial charge in [-0.05, 0) is 25.5 Å². The highest BCUT2D eigenvalue weighted by molar-refractivity contribution is 6.27. The van der Waals surface area contributed by atoms with Crippen molar-refractivity contribution in [2.45, 2.75) is 13.8 Å². The second-order valence-electron chi connectivity index (χ2n) is 2.91.